The molecule has 1 aromatic heterocycles. The minimum Gasteiger partial charge on any atom is -0.309 e. The van der Waals surface area contributed by atoms with Crippen LogP contribution in [-0.2, 0) is 4.57 Å². The Kier molecular flexibility index (Phi) is 7.46. The summed E-state index contributed by atoms with van der Waals surface area (Å²) < 4.78 is 14.9. The van der Waals surface area contributed by atoms with Gasteiger partial charge < -0.3 is 4.57 Å². The molecule has 0 aliphatic carbocycles. The third-order valence-electron chi connectivity index (χ3n) is 9.73. The van der Waals surface area contributed by atoms with Crippen molar-refractivity contribution in [3.63, 3.8) is 0 Å². The van der Waals surface area contributed by atoms with E-state index >= 15 is 0 Å². The highest BCUT2D eigenvalue weighted by Crippen LogP contribution is 2.43. The highest BCUT2D eigenvalue weighted by atomic mass is 31.2. The van der Waals surface area contributed by atoms with Crippen molar-refractivity contribution in [2.45, 2.75) is 0 Å². The first-order chi connectivity index (χ1) is 24.7. The molecule has 0 unspecified atom stereocenters. The van der Waals surface area contributed by atoms with Gasteiger partial charge in [-0.25, -0.2) is 4.98 Å². The zero-order valence-electron chi connectivity index (χ0n) is 27.3. The van der Waals surface area contributed by atoms with Gasteiger partial charge in [0.25, 0.3) is 0 Å². The summed E-state index contributed by atoms with van der Waals surface area (Å²) in [5.74, 6) is 0. The van der Waals surface area contributed by atoms with Gasteiger partial charge in [-0.05, 0) is 51.2 Å². The lowest BCUT2D eigenvalue weighted by Crippen LogP contribution is -2.24. The lowest BCUT2D eigenvalue weighted by Gasteiger charge is -2.20. The highest BCUT2D eigenvalue weighted by Gasteiger charge is 2.29. The normalized spacial score (nSPS) is 11.7. The number of nitrogens with zero attached hydrogens (tertiary/aromatic N) is 1. The fourth-order valence-corrected chi connectivity index (χ4v) is 9.92. The number of fused-ring (bicyclic) bond motifs is 4. The number of pyridine rings is 1. The SMILES string of the molecule is O=P(c1ccccc1)(c1ccccc1)c1ccc2cc(-c3ccc(-c4nc5ccccc5c5c(-c6ccccc6)cccc45)cc3)ccc2c1. The molecule has 0 saturated carbocycles. The summed E-state index contributed by atoms with van der Waals surface area (Å²) >= 11 is 0. The monoisotopic (exact) mass is 657 g/mol. The van der Waals surface area contributed by atoms with Crippen LogP contribution < -0.4 is 15.9 Å². The molecule has 0 atom stereocenters. The average Bonchev–Trinajstić information content (AvgIpc) is 3.20. The van der Waals surface area contributed by atoms with Gasteiger partial charge in [0.1, 0.15) is 0 Å². The van der Waals surface area contributed by atoms with Gasteiger partial charge >= 0.3 is 0 Å². The van der Waals surface area contributed by atoms with E-state index in [-0.39, 0.29) is 0 Å². The summed E-state index contributed by atoms with van der Waals surface area (Å²) in [6.07, 6.45) is 0. The van der Waals surface area contributed by atoms with Crippen molar-refractivity contribution in [2.24, 2.45) is 0 Å². The Morgan fingerprint density at radius 2 is 0.940 bits per heavy atom. The maximum atomic E-state index is 14.9. The van der Waals surface area contributed by atoms with Crippen molar-refractivity contribution in [1.29, 1.82) is 0 Å². The molecule has 0 fully saturated rings. The Morgan fingerprint density at radius 1 is 0.380 bits per heavy atom. The topological polar surface area (TPSA) is 30.0 Å². The van der Waals surface area contributed by atoms with Gasteiger partial charge in [0.05, 0.1) is 11.2 Å². The fraction of sp³-hybridized carbons (Fsp3) is 0. The van der Waals surface area contributed by atoms with E-state index < -0.39 is 7.14 Å². The molecule has 9 aromatic rings. The second kappa shape index (κ2) is 12.4. The second-order valence-electron chi connectivity index (χ2n) is 12.7. The molecular formula is C47H32NOP. The number of benzene rings is 8. The minimum absolute atomic E-state index is 0.838. The molecule has 2 nitrogen and oxygen atoms in total. The van der Waals surface area contributed by atoms with E-state index in [1.165, 1.54) is 16.5 Å². The van der Waals surface area contributed by atoms with Crippen molar-refractivity contribution < 1.29 is 4.57 Å². The smallest absolute Gasteiger partial charge is 0.171 e. The number of hydrogen-bond acceptors (Lipinski definition) is 2. The molecule has 0 aliphatic rings. The van der Waals surface area contributed by atoms with Crippen LogP contribution in [0.4, 0.5) is 0 Å². The fourth-order valence-electron chi connectivity index (χ4n) is 7.23. The zero-order chi connectivity index (χ0) is 33.5. The minimum atomic E-state index is -3.05. The molecule has 0 N–H and O–H groups in total. The van der Waals surface area contributed by atoms with Gasteiger partial charge in [-0.2, -0.15) is 0 Å². The molecule has 0 bridgehead atoms. The van der Waals surface area contributed by atoms with Crippen LogP contribution in [0.25, 0.3) is 66.0 Å². The van der Waals surface area contributed by atoms with Crippen molar-refractivity contribution in [3.8, 4) is 33.5 Å². The van der Waals surface area contributed by atoms with Gasteiger partial charge in [-0.15, -0.1) is 0 Å². The Labute approximate surface area is 291 Å². The molecule has 8 aromatic carbocycles. The summed E-state index contributed by atoms with van der Waals surface area (Å²) in [6, 6.07) is 66.8. The first-order valence-corrected chi connectivity index (χ1v) is 18.6. The van der Waals surface area contributed by atoms with Gasteiger partial charge in [-0.3, -0.25) is 0 Å². The summed E-state index contributed by atoms with van der Waals surface area (Å²) in [5.41, 5.74) is 7.72. The standard InChI is InChI=1S/C47H32NOP/c49-50(39-15-6-2-7-16-39,40-17-8-3-9-18-40)41-30-29-37-31-36(27-28-38(37)32-41)33-23-25-35(26-24-33)47-44-21-12-20-42(34-13-4-1-5-14-34)46(44)43-19-10-11-22-45(43)48-47/h1-32H. The van der Waals surface area contributed by atoms with E-state index in [0.717, 1.165) is 65.4 Å². The summed E-state index contributed by atoms with van der Waals surface area (Å²) in [6.45, 7) is 0. The predicted octanol–water partition coefficient (Wildman–Crippen LogP) is 11.2. The first kappa shape index (κ1) is 30.0. The van der Waals surface area contributed by atoms with Crippen LogP contribution in [0.3, 0.4) is 0 Å². The lowest BCUT2D eigenvalue weighted by atomic mass is 9.92. The van der Waals surface area contributed by atoms with E-state index in [2.05, 4.69) is 127 Å². The summed E-state index contributed by atoms with van der Waals surface area (Å²) in [4.78, 5) is 5.20. The van der Waals surface area contributed by atoms with Crippen molar-refractivity contribution in [1.82, 2.24) is 4.98 Å². The van der Waals surface area contributed by atoms with E-state index in [1.54, 1.807) is 0 Å². The van der Waals surface area contributed by atoms with Gasteiger partial charge in [0.15, 0.2) is 7.14 Å². The quantitative estimate of drug-likeness (QED) is 0.132. The molecular weight excluding hydrogens is 625 g/mol. The zero-order valence-corrected chi connectivity index (χ0v) is 28.2. The van der Waals surface area contributed by atoms with Crippen molar-refractivity contribution in [2.75, 3.05) is 0 Å². The molecule has 0 radical (unpaired) electrons. The van der Waals surface area contributed by atoms with E-state index in [1.807, 2.05) is 66.7 Å². The molecule has 1 heterocycles. The summed E-state index contributed by atoms with van der Waals surface area (Å²) in [7, 11) is -3.05. The number of rotatable bonds is 6. The largest absolute Gasteiger partial charge is 0.309 e. The number of para-hydroxylation sites is 1. The van der Waals surface area contributed by atoms with Gasteiger partial charge in [0, 0.05) is 37.6 Å². The Bertz CT molecular complexity index is 2660. The number of hydrogen-bond donors (Lipinski definition) is 0. The molecule has 9 rings (SSSR count). The third-order valence-corrected chi connectivity index (χ3v) is 12.8. The van der Waals surface area contributed by atoms with Crippen molar-refractivity contribution in [3.05, 3.63) is 194 Å². The van der Waals surface area contributed by atoms with Gasteiger partial charge in [0.2, 0.25) is 0 Å². The van der Waals surface area contributed by atoms with E-state index in [9.17, 15) is 4.57 Å². The van der Waals surface area contributed by atoms with E-state index in [0.29, 0.717) is 0 Å². The molecule has 0 aliphatic heterocycles. The van der Waals surface area contributed by atoms with Crippen LogP contribution in [0, 0.1) is 0 Å². The average molecular weight is 658 g/mol. The Balaban J connectivity index is 1.10. The second-order valence-corrected chi connectivity index (χ2v) is 15.4. The van der Waals surface area contributed by atoms with Crippen molar-refractivity contribution >= 4 is 55.5 Å². The van der Waals surface area contributed by atoms with Crippen LogP contribution in [0.15, 0.2) is 194 Å². The molecule has 0 amide bonds. The van der Waals surface area contributed by atoms with Crippen LogP contribution in [0.1, 0.15) is 0 Å². The van der Waals surface area contributed by atoms with Crippen LogP contribution in [-0.4, -0.2) is 4.98 Å². The van der Waals surface area contributed by atoms with E-state index in [4.69, 9.17) is 4.98 Å². The Morgan fingerprint density at radius 3 is 1.66 bits per heavy atom. The molecule has 50 heavy (non-hydrogen) atoms. The molecule has 236 valence electrons. The molecule has 0 spiro atoms. The van der Waals surface area contributed by atoms with Crippen LogP contribution in [0.5, 0.6) is 0 Å². The third kappa shape index (κ3) is 5.13. The molecule has 0 saturated heterocycles. The predicted molar refractivity (Wildman–Crippen MR) is 212 cm³/mol. The lowest BCUT2D eigenvalue weighted by molar-refractivity contribution is 0.592. The molecule has 3 heteroatoms. The maximum absolute atomic E-state index is 14.9. The number of aromatic nitrogens is 1. The van der Waals surface area contributed by atoms with Crippen LogP contribution >= 0.6 is 7.14 Å². The first-order valence-electron chi connectivity index (χ1n) is 16.9. The highest BCUT2D eigenvalue weighted by molar-refractivity contribution is 7.85. The van der Waals surface area contributed by atoms with Crippen LogP contribution in [0.2, 0.25) is 0 Å². The Hall–Kier alpha value is -6.08. The maximum Gasteiger partial charge on any atom is 0.171 e. The summed E-state index contributed by atoms with van der Waals surface area (Å²) in [5, 5.41) is 8.22. The van der Waals surface area contributed by atoms with Gasteiger partial charge in [-0.1, -0.05) is 176 Å².